The highest BCUT2D eigenvalue weighted by Gasteiger charge is 2.24. The smallest absolute Gasteiger partial charge is 0.261 e. The molecule has 5 aromatic rings. The Morgan fingerprint density at radius 2 is 1.68 bits per heavy atom. The predicted octanol–water partition coefficient (Wildman–Crippen LogP) is 3.97. The summed E-state index contributed by atoms with van der Waals surface area (Å²) in [5.74, 6) is 0. The molecule has 0 spiro atoms. The number of benzene rings is 3. The Morgan fingerprint density at radius 1 is 0.946 bits per heavy atom. The van der Waals surface area contributed by atoms with Crippen LogP contribution < -0.4 is 33.9 Å². The van der Waals surface area contributed by atoms with Crippen LogP contribution in [0.1, 0.15) is 24.0 Å². The summed E-state index contributed by atoms with van der Waals surface area (Å²) in [5, 5.41) is 6.10. The predicted molar refractivity (Wildman–Crippen MR) is 154 cm³/mol. The van der Waals surface area contributed by atoms with E-state index in [0.717, 1.165) is 40.8 Å². The average molecular weight is 622 g/mol. The third kappa shape index (κ3) is 5.24. The third-order valence-electron chi connectivity index (χ3n) is 7.30. The lowest BCUT2D eigenvalue weighted by Crippen LogP contribution is -3.00. The first-order chi connectivity index (χ1) is 17.7. The molecule has 0 saturated carbocycles. The Hall–Kier alpha value is -2.55. The number of fused-ring (bicyclic) bond motifs is 4. The van der Waals surface area contributed by atoms with Crippen molar-refractivity contribution in [2.75, 3.05) is 37.8 Å². The Labute approximate surface area is 239 Å². The molecule has 0 amide bonds. The minimum atomic E-state index is 0. The zero-order chi connectivity index (χ0) is 24.5. The Bertz CT molecular complexity index is 1570. The number of halogens is 1. The maximum atomic E-state index is 6.44. The van der Waals surface area contributed by atoms with Gasteiger partial charge in [-0.1, -0.05) is 42.5 Å². The lowest BCUT2D eigenvalue weighted by atomic mass is 10.1. The van der Waals surface area contributed by atoms with E-state index in [9.17, 15) is 0 Å². The second-order valence-corrected chi connectivity index (χ2v) is 10.4. The van der Waals surface area contributed by atoms with Gasteiger partial charge >= 0.3 is 0 Å². The maximum absolute atomic E-state index is 6.44. The normalized spacial score (nSPS) is 14.2. The highest BCUT2D eigenvalue weighted by atomic mass is 127. The van der Waals surface area contributed by atoms with Crippen LogP contribution >= 0.6 is 11.8 Å². The van der Waals surface area contributed by atoms with Gasteiger partial charge in [0.05, 0.1) is 16.5 Å². The van der Waals surface area contributed by atoms with Gasteiger partial charge < -0.3 is 38.6 Å². The minimum Gasteiger partial charge on any atom is -1.00 e. The zero-order valence-electron chi connectivity index (χ0n) is 21.3. The van der Waals surface area contributed by atoms with Gasteiger partial charge in [0.1, 0.15) is 12.6 Å². The summed E-state index contributed by atoms with van der Waals surface area (Å²) in [6.07, 6.45) is 9.12. The minimum absolute atomic E-state index is 0. The van der Waals surface area contributed by atoms with Crippen LogP contribution in [0.2, 0.25) is 0 Å². The number of para-hydroxylation sites is 1. The van der Waals surface area contributed by atoms with Gasteiger partial charge in [0, 0.05) is 24.1 Å². The summed E-state index contributed by atoms with van der Waals surface area (Å²) in [6, 6.07) is 23.8. The van der Waals surface area contributed by atoms with Crippen molar-refractivity contribution >= 4 is 62.6 Å². The largest absolute Gasteiger partial charge is 1.00 e. The van der Waals surface area contributed by atoms with E-state index in [4.69, 9.17) is 4.42 Å². The molecule has 0 bridgehead atoms. The van der Waals surface area contributed by atoms with E-state index in [1.54, 1.807) is 11.8 Å². The number of hydrogen-bond donors (Lipinski definition) is 1. The van der Waals surface area contributed by atoms with E-state index in [1.807, 2.05) is 6.07 Å². The van der Waals surface area contributed by atoms with Gasteiger partial charge in [-0.3, -0.25) is 0 Å². The van der Waals surface area contributed by atoms with Crippen LogP contribution in [0.25, 0.3) is 45.1 Å². The summed E-state index contributed by atoms with van der Waals surface area (Å²) < 4.78 is 8.72. The number of aromatic nitrogens is 1. The highest BCUT2D eigenvalue weighted by Crippen LogP contribution is 2.36. The Morgan fingerprint density at radius 3 is 2.46 bits per heavy atom. The number of likely N-dealkylation sites (tertiary alicyclic amines) is 1. The van der Waals surface area contributed by atoms with Gasteiger partial charge in [-0.2, -0.15) is 4.57 Å². The zero-order valence-corrected chi connectivity index (χ0v) is 24.3. The van der Waals surface area contributed by atoms with Crippen molar-refractivity contribution in [1.82, 2.24) is 4.90 Å². The fourth-order valence-electron chi connectivity index (χ4n) is 5.35. The van der Waals surface area contributed by atoms with Gasteiger partial charge in [-0.05, 0) is 73.6 Å². The molecule has 3 heterocycles. The molecular weight excluding hydrogens is 589 g/mol. The molecule has 1 N–H and O–H groups in total. The molecule has 4 nitrogen and oxygen atoms in total. The van der Waals surface area contributed by atoms with Crippen molar-refractivity contribution in [3.05, 3.63) is 77.9 Å². The molecule has 0 atom stereocenters. The van der Waals surface area contributed by atoms with Crippen molar-refractivity contribution in [3.8, 4) is 0 Å². The lowest BCUT2D eigenvalue weighted by Gasteiger charge is -2.16. The fraction of sp³-hybridized carbons (Fsp3) is 0.258. The summed E-state index contributed by atoms with van der Waals surface area (Å²) in [6.45, 7) is 4.38. The molecule has 0 aliphatic carbocycles. The number of pyridine rings is 1. The molecule has 1 aliphatic heterocycles. The number of furan rings is 1. The molecule has 1 saturated heterocycles. The van der Waals surface area contributed by atoms with E-state index >= 15 is 0 Å². The summed E-state index contributed by atoms with van der Waals surface area (Å²) in [5.41, 5.74) is 7.67. The molecule has 6 rings (SSSR count). The number of nitrogens with zero attached hydrogens (tertiary/aromatic N) is 2. The number of rotatable bonds is 7. The molecule has 0 unspecified atom stereocenters. The first-order valence-electron chi connectivity index (χ1n) is 12.8. The van der Waals surface area contributed by atoms with Gasteiger partial charge in [0.25, 0.3) is 5.52 Å². The first-order valence-corrected chi connectivity index (χ1v) is 14.0. The monoisotopic (exact) mass is 621 g/mol. The second-order valence-electron chi connectivity index (χ2n) is 9.57. The highest BCUT2D eigenvalue weighted by molar-refractivity contribution is 7.98. The molecule has 1 aliphatic rings. The van der Waals surface area contributed by atoms with Crippen LogP contribution in [0.15, 0.2) is 76.0 Å². The van der Waals surface area contributed by atoms with Gasteiger partial charge in [-0.15, -0.1) is 11.8 Å². The van der Waals surface area contributed by atoms with Crippen LogP contribution in [-0.4, -0.2) is 37.3 Å². The summed E-state index contributed by atoms with van der Waals surface area (Å²) >= 11 is 1.77. The van der Waals surface area contributed by atoms with Gasteiger partial charge in [-0.25, -0.2) is 0 Å². The van der Waals surface area contributed by atoms with Crippen molar-refractivity contribution in [3.63, 3.8) is 0 Å². The SMILES string of the molecule is CSc1ccc(/C=C/c2ccc3c(NCCN4CCCC4)c4oc5ccccc5c4[n+](C)c3c2)cc1.[I-]. The van der Waals surface area contributed by atoms with E-state index in [2.05, 4.69) is 101 Å². The second kappa shape index (κ2) is 11.5. The molecule has 37 heavy (non-hydrogen) atoms. The Balaban J connectivity index is 0.00000280. The fourth-order valence-corrected chi connectivity index (χ4v) is 5.75. The van der Waals surface area contributed by atoms with Crippen LogP contribution in [0.3, 0.4) is 0 Å². The van der Waals surface area contributed by atoms with Crippen molar-refractivity contribution in [2.24, 2.45) is 7.05 Å². The standard InChI is InChI=1S/C31H31N3OS.HI/c1-33-27-21-23(10-9-22-11-14-24(36-2)15-12-22)13-16-25(27)29(32-17-20-34-18-5-6-19-34)31-30(33)26-7-3-4-8-28(26)35-31;/h3-4,7-16,21H,5-6,17-20H2,1-2H3;1H/b10-9+;. The third-order valence-corrected chi connectivity index (χ3v) is 8.04. The first kappa shape index (κ1) is 26.1. The summed E-state index contributed by atoms with van der Waals surface area (Å²) in [7, 11) is 2.15. The van der Waals surface area contributed by atoms with E-state index in [1.165, 1.54) is 52.9 Å². The van der Waals surface area contributed by atoms with Crippen molar-refractivity contribution < 1.29 is 33.0 Å². The number of hydrogen-bond acceptors (Lipinski definition) is 4. The molecule has 3 aromatic carbocycles. The van der Waals surface area contributed by atoms with Crippen molar-refractivity contribution in [1.29, 1.82) is 0 Å². The van der Waals surface area contributed by atoms with Crippen LogP contribution in [-0.2, 0) is 7.05 Å². The molecular formula is C31H32IN3OS. The Kier molecular flexibility index (Phi) is 8.07. The topological polar surface area (TPSA) is 32.3 Å². The average Bonchev–Trinajstić information content (AvgIpc) is 3.58. The molecule has 190 valence electrons. The van der Waals surface area contributed by atoms with Crippen molar-refractivity contribution in [2.45, 2.75) is 17.7 Å². The van der Waals surface area contributed by atoms with Crippen LogP contribution in [0.5, 0.6) is 0 Å². The molecule has 1 fully saturated rings. The van der Waals surface area contributed by atoms with Crippen LogP contribution in [0.4, 0.5) is 5.69 Å². The molecule has 2 aromatic heterocycles. The lowest BCUT2D eigenvalue weighted by molar-refractivity contribution is -0.616. The maximum Gasteiger partial charge on any atom is 0.261 e. The number of nitrogens with one attached hydrogen (secondary N) is 1. The van der Waals surface area contributed by atoms with Gasteiger partial charge in [0.2, 0.25) is 11.1 Å². The molecule has 6 heteroatoms. The van der Waals surface area contributed by atoms with Crippen LogP contribution in [0, 0.1) is 0 Å². The molecule has 0 radical (unpaired) electrons. The quantitative estimate of drug-likeness (QED) is 0.129. The van der Waals surface area contributed by atoms with E-state index in [-0.39, 0.29) is 24.0 Å². The van der Waals surface area contributed by atoms with E-state index < -0.39 is 0 Å². The van der Waals surface area contributed by atoms with Gasteiger partial charge in [0.15, 0.2) is 0 Å². The van der Waals surface area contributed by atoms with E-state index in [0.29, 0.717) is 0 Å². The number of thioether (sulfide) groups is 1. The number of anilines is 1. The number of aryl methyl sites for hydroxylation is 1. The summed E-state index contributed by atoms with van der Waals surface area (Å²) in [4.78, 5) is 3.83.